The van der Waals surface area contributed by atoms with Crippen LogP contribution in [0.4, 0.5) is 0 Å². The first-order valence-electron chi connectivity index (χ1n) is 6.30. The van der Waals surface area contributed by atoms with Crippen molar-refractivity contribution in [2.75, 3.05) is 6.54 Å². The maximum atomic E-state index is 11.7. The largest absolute Gasteiger partial charge is 0.351 e. The molecule has 0 saturated heterocycles. The molecule has 6 heteroatoms. The molecular weight excluding hydrogens is 256 g/mol. The lowest BCUT2D eigenvalue weighted by molar-refractivity contribution is 0.0947. The molecule has 104 valence electrons. The molecule has 20 heavy (non-hydrogen) atoms. The molecule has 1 amide bonds. The molecule has 0 aliphatic heterocycles. The summed E-state index contributed by atoms with van der Waals surface area (Å²) in [6, 6.07) is 9.57. The van der Waals surface area contributed by atoms with Crippen molar-refractivity contribution in [3.05, 3.63) is 64.3 Å². The van der Waals surface area contributed by atoms with Gasteiger partial charge in [-0.1, -0.05) is 30.3 Å². The highest BCUT2D eigenvalue weighted by molar-refractivity contribution is 5.91. The monoisotopic (exact) mass is 272 g/mol. The van der Waals surface area contributed by atoms with E-state index in [4.69, 9.17) is 5.73 Å². The summed E-state index contributed by atoms with van der Waals surface area (Å²) < 4.78 is 0. The summed E-state index contributed by atoms with van der Waals surface area (Å²) in [4.78, 5) is 28.7. The van der Waals surface area contributed by atoms with Crippen LogP contribution in [0, 0.1) is 0 Å². The number of H-pyrrole nitrogens is 1. The van der Waals surface area contributed by atoms with Crippen LogP contribution in [0.1, 0.15) is 28.5 Å². The Morgan fingerprint density at radius 3 is 2.75 bits per heavy atom. The molecule has 4 N–H and O–H groups in total. The second kappa shape index (κ2) is 6.63. The first-order chi connectivity index (χ1) is 9.66. The minimum Gasteiger partial charge on any atom is -0.351 e. The van der Waals surface area contributed by atoms with Crippen LogP contribution in [0.5, 0.6) is 0 Å². The van der Waals surface area contributed by atoms with E-state index in [1.807, 2.05) is 30.3 Å². The number of nitrogens with one attached hydrogen (secondary N) is 2. The van der Waals surface area contributed by atoms with E-state index in [-0.39, 0.29) is 23.2 Å². The van der Waals surface area contributed by atoms with E-state index >= 15 is 0 Å². The lowest BCUT2D eigenvalue weighted by Gasteiger charge is -2.12. The summed E-state index contributed by atoms with van der Waals surface area (Å²) in [6.07, 6.45) is 2.98. The van der Waals surface area contributed by atoms with Crippen molar-refractivity contribution in [3.8, 4) is 0 Å². The maximum absolute atomic E-state index is 11.7. The molecule has 1 heterocycles. The van der Waals surface area contributed by atoms with Gasteiger partial charge >= 0.3 is 0 Å². The van der Waals surface area contributed by atoms with E-state index in [0.29, 0.717) is 13.0 Å². The SMILES string of the molecule is NC(CCNC(=O)c1c[nH]c(=O)cn1)c1ccccc1. The number of carbonyl (C=O) groups excluding carboxylic acids is 1. The van der Waals surface area contributed by atoms with E-state index in [0.717, 1.165) is 11.8 Å². The lowest BCUT2D eigenvalue weighted by atomic mass is 10.1. The Morgan fingerprint density at radius 2 is 2.10 bits per heavy atom. The van der Waals surface area contributed by atoms with Crippen LogP contribution in [0.2, 0.25) is 0 Å². The second-order valence-corrected chi connectivity index (χ2v) is 4.36. The standard InChI is InChI=1S/C14H16N4O2/c15-11(10-4-2-1-3-5-10)6-7-16-14(20)12-8-18-13(19)9-17-12/h1-5,8-9,11H,6-7,15H2,(H,16,20)(H,18,19). The van der Waals surface area contributed by atoms with Gasteiger partial charge in [0.15, 0.2) is 0 Å². The Morgan fingerprint density at radius 1 is 1.35 bits per heavy atom. The van der Waals surface area contributed by atoms with Crippen molar-refractivity contribution >= 4 is 5.91 Å². The van der Waals surface area contributed by atoms with E-state index in [1.54, 1.807) is 0 Å². The lowest BCUT2D eigenvalue weighted by Crippen LogP contribution is -2.28. The molecule has 1 atom stereocenters. The van der Waals surface area contributed by atoms with Gasteiger partial charge in [-0.15, -0.1) is 0 Å². The van der Waals surface area contributed by atoms with Gasteiger partial charge in [-0.2, -0.15) is 0 Å². The van der Waals surface area contributed by atoms with E-state index in [1.165, 1.54) is 6.20 Å². The van der Waals surface area contributed by atoms with Crippen LogP contribution in [0.15, 0.2) is 47.5 Å². The molecule has 6 nitrogen and oxygen atoms in total. The van der Waals surface area contributed by atoms with Gasteiger partial charge in [0.2, 0.25) is 0 Å². The molecule has 0 aliphatic rings. The number of nitrogens with two attached hydrogens (primary N) is 1. The zero-order valence-electron chi connectivity index (χ0n) is 10.9. The smallest absolute Gasteiger partial charge is 0.271 e. The highest BCUT2D eigenvalue weighted by Crippen LogP contribution is 2.12. The zero-order valence-corrected chi connectivity index (χ0v) is 10.9. The number of nitrogens with zero attached hydrogens (tertiary/aromatic N) is 1. The zero-order chi connectivity index (χ0) is 14.4. The summed E-state index contributed by atoms with van der Waals surface area (Å²) in [5, 5.41) is 2.72. The highest BCUT2D eigenvalue weighted by Gasteiger charge is 2.09. The Bertz CT molecular complexity index is 604. The average molecular weight is 272 g/mol. The minimum absolute atomic E-state index is 0.125. The van der Waals surface area contributed by atoms with Gasteiger partial charge in [0.1, 0.15) is 5.69 Å². The average Bonchev–Trinajstić information content (AvgIpc) is 2.48. The van der Waals surface area contributed by atoms with Crippen LogP contribution >= 0.6 is 0 Å². The summed E-state index contributed by atoms with van der Waals surface area (Å²) in [6.45, 7) is 0.440. The Hall–Kier alpha value is -2.47. The summed E-state index contributed by atoms with van der Waals surface area (Å²) in [5.74, 6) is -0.332. The normalized spacial score (nSPS) is 11.8. The van der Waals surface area contributed by atoms with Gasteiger partial charge in [-0.05, 0) is 12.0 Å². The molecule has 2 aromatic rings. The van der Waals surface area contributed by atoms with Gasteiger partial charge < -0.3 is 16.0 Å². The van der Waals surface area contributed by atoms with E-state index in [9.17, 15) is 9.59 Å². The number of amides is 1. The van der Waals surface area contributed by atoms with Crippen LogP contribution in [-0.2, 0) is 0 Å². The second-order valence-electron chi connectivity index (χ2n) is 4.36. The highest BCUT2D eigenvalue weighted by atomic mass is 16.2. The fourth-order valence-electron chi connectivity index (χ4n) is 1.77. The number of benzene rings is 1. The van der Waals surface area contributed by atoms with Gasteiger partial charge in [-0.25, -0.2) is 4.98 Å². The van der Waals surface area contributed by atoms with Gasteiger partial charge in [-0.3, -0.25) is 9.59 Å². The molecule has 0 aliphatic carbocycles. The summed E-state index contributed by atoms with van der Waals surface area (Å²) in [7, 11) is 0. The maximum Gasteiger partial charge on any atom is 0.271 e. The number of aromatic amines is 1. The Kier molecular flexibility index (Phi) is 4.62. The fourth-order valence-corrected chi connectivity index (χ4v) is 1.77. The molecule has 0 bridgehead atoms. The minimum atomic E-state index is -0.340. The van der Waals surface area contributed by atoms with Gasteiger partial charge in [0.05, 0.1) is 6.20 Å². The third-order valence-electron chi connectivity index (χ3n) is 2.87. The van der Waals surface area contributed by atoms with Crippen molar-refractivity contribution in [2.45, 2.75) is 12.5 Å². The number of carbonyl (C=O) groups is 1. The molecule has 1 aromatic carbocycles. The van der Waals surface area contributed by atoms with Crippen molar-refractivity contribution < 1.29 is 4.79 Å². The predicted octanol–water partition coefficient (Wildman–Crippen LogP) is 0.590. The van der Waals surface area contributed by atoms with E-state index in [2.05, 4.69) is 15.3 Å². The van der Waals surface area contributed by atoms with Crippen LogP contribution in [0.3, 0.4) is 0 Å². The molecule has 1 aromatic heterocycles. The molecule has 0 saturated carbocycles. The number of hydrogen-bond donors (Lipinski definition) is 3. The quantitative estimate of drug-likeness (QED) is 0.741. The van der Waals surface area contributed by atoms with Crippen molar-refractivity contribution in [1.82, 2.24) is 15.3 Å². The van der Waals surface area contributed by atoms with Crippen molar-refractivity contribution in [3.63, 3.8) is 0 Å². The molecule has 0 fully saturated rings. The molecule has 0 spiro atoms. The molecule has 2 rings (SSSR count). The molecular formula is C14H16N4O2. The Balaban J connectivity index is 1.82. The number of hydrogen-bond acceptors (Lipinski definition) is 4. The number of aromatic nitrogens is 2. The Labute approximate surface area is 116 Å². The summed E-state index contributed by atoms with van der Waals surface area (Å²) >= 11 is 0. The van der Waals surface area contributed by atoms with Crippen molar-refractivity contribution in [1.29, 1.82) is 0 Å². The topological polar surface area (TPSA) is 101 Å². The van der Waals surface area contributed by atoms with Crippen LogP contribution < -0.4 is 16.6 Å². The third-order valence-corrected chi connectivity index (χ3v) is 2.87. The fraction of sp³-hybridized carbons (Fsp3) is 0.214. The van der Waals surface area contributed by atoms with Gasteiger partial charge in [0.25, 0.3) is 11.5 Å². The molecule has 0 radical (unpaired) electrons. The van der Waals surface area contributed by atoms with E-state index < -0.39 is 0 Å². The van der Waals surface area contributed by atoms with Crippen LogP contribution in [0.25, 0.3) is 0 Å². The van der Waals surface area contributed by atoms with Crippen molar-refractivity contribution in [2.24, 2.45) is 5.73 Å². The molecule has 1 unspecified atom stereocenters. The number of rotatable bonds is 5. The first kappa shape index (κ1) is 14.0. The third kappa shape index (κ3) is 3.76. The predicted molar refractivity (Wildman–Crippen MR) is 75.2 cm³/mol. The summed E-state index contributed by atoms with van der Waals surface area (Å²) in [5.41, 5.74) is 6.90. The van der Waals surface area contributed by atoms with Gasteiger partial charge in [0, 0.05) is 18.8 Å². The van der Waals surface area contributed by atoms with Crippen LogP contribution in [-0.4, -0.2) is 22.4 Å². The first-order valence-corrected chi connectivity index (χ1v) is 6.30.